The number of carbonyl (C=O) groups excluding carboxylic acids is 6. The predicted molar refractivity (Wildman–Crippen MR) is 215 cm³/mol. The average Bonchev–Trinajstić information content (AvgIpc) is 3.83. The van der Waals surface area contributed by atoms with Gasteiger partial charge in [0, 0.05) is 93.2 Å². The molecule has 1 heterocycles. The molecule has 0 aromatic rings. The van der Waals surface area contributed by atoms with E-state index >= 15 is 0 Å². The fourth-order valence-corrected chi connectivity index (χ4v) is 1.35. The first kappa shape index (κ1) is 138. The van der Waals surface area contributed by atoms with Crippen LogP contribution in [0.5, 0.6) is 0 Å². The van der Waals surface area contributed by atoms with Gasteiger partial charge < -0.3 is 60.0 Å². The van der Waals surface area contributed by atoms with Crippen LogP contribution in [0.15, 0.2) is 20.0 Å². The van der Waals surface area contributed by atoms with E-state index in [4.69, 9.17) is 62.3 Å². The van der Waals surface area contributed by atoms with E-state index in [9.17, 15) is 0 Å². The van der Waals surface area contributed by atoms with Gasteiger partial charge in [-0.05, 0) is 68.2 Å². The Labute approximate surface area is 423 Å². The molecule has 0 saturated carbocycles. The molecule has 23 heteroatoms. The second-order valence-corrected chi connectivity index (χ2v) is 6.89. The zero-order valence-corrected chi connectivity index (χ0v) is 44.6. The molecule has 0 atom stereocenters. The van der Waals surface area contributed by atoms with Gasteiger partial charge in [-0.3, -0.25) is 60.7 Å². The molecular formula is C34H61Co2IN4NaO13Ru2. The number of hydrogen-bond acceptors (Lipinski definition) is 13. The molecule has 3 radical (unpaired) electrons. The monoisotopic (exact) mass is 1200 g/mol. The van der Waals surface area contributed by atoms with E-state index in [1.807, 2.05) is 55.4 Å². The van der Waals surface area contributed by atoms with Crippen LogP contribution in [0.4, 0.5) is 0 Å². The molecular weight excluding hydrogens is 1140 g/mol. The van der Waals surface area contributed by atoms with E-state index in [1.54, 1.807) is 24.9 Å². The van der Waals surface area contributed by atoms with Gasteiger partial charge in [-0.15, -0.1) is 0 Å². The zero-order valence-electron chi connectivity index (χ0n) is 35.8. The van der Waals surface area contributed by atoms with Gasteiger partial charge in [-0.2, -0.15) is 0 Å². The first-order valence-electron chi connectivity index (χ1n) is 12.7. The maximum absolute atomic E-state index is 7.75. The van der Waals surface area contributed by atoms with E-state index in [2.05, 4.69) is 122 Å². The van der Waals surface area contributed by atoms with Crippen LogP contribution in [0, 0.1) is 41.5 Å². The van der Waals surface area contributed by atoms with Crippen LogP contribution < -0.4 is 29.6 Å². The Bertz CT molecular complexity index is 584. The molecule has 0 unspecified atom stereocenters. The van der Waals surface area contributed by atoms with E-state index in [0.29, 0.717) is 24.2 Å². The van der Waals surface area contributed by atoms with Gasteiger partial charge in [0.2, 0.25) is 0 Å². The van der Waals surface area contributed by atoms with Crippen molar-refractivity contribution in [3.63, 3.8) is 0 Å². The van der Waals surface area contributed by atoms with Crippen LogP contribution in [0.3, 0.4) is 0 Å². The Hall–Kier alpha value is -0.470. The number of ether oxygens (including phenoxy) is 1. The zero-order chi connectivity index (χ0) is 45.5. The second kappa shape index (κ2) is 274. The molecule has 1 aliphatic rings. The van der Waals surface area contributed by atoms with Gasteiger partial charge in [-0.1, -0.05) is 0 Å². The Morgan fingerprint density at radius 1 is 0.526 bits per heavy atom. The molecule has 0 aliphatic carbocycles. The third kappa shape index (κ3) is 463. The van der Waals surface area contributed by atoms with E-state index in [1.165, 1.54) is 12.8 Å². The third-order valence-electron chi connectivity index (χ3n) is 2.50. The first-order valence-corrected chi connectivity index (χ1v) is 17.9. The summed E-state index contributed by atoms with van der Waals surface area (Å²) in [5, 5.41) is 14.0. The van der Waals surface area contributed by atoms with Crippen LogP contribution in [-0.2, 0) is 120 Å². The summed E-state index contributed by atoms with van der Waals surface area (Å²) in [7, 11) is 2.00. The normalized spacial score (nSPS) is 7.53. The molecule has 1 aliphatic heterocycles. The van der Waals surface area contributed by atoms with Gasteiger partial charge >= 0.3 is 146 Å². The standard InChI is InChI=1S/2C8H16N2.C4H8O.2CH4O.6CHO.4CO.2CH3.2Co.HI.Na.2Ru.H/c2*1-7(2)9-5-6-10-8(3)4;1-2-4-5-3-1;12*1-2;;;;;;;;;/h2*5-8H,1-4H3;1-4H2;2*2H,1H3;6*1H;;;;;2*1H3;;;1H;;;;/q;;;;;6*-1;;;;;2*-1;;+2;;+1;+3;+4;-1/p-1. The van der Waals surface area contributed by atoms with Crippen molar-refractivity contribution in [3.05, 3.63) is 41.5 Å². The number of halogens is 1. The molecule has 1 fully saturated rings. The summed E-state index contributed by atoms with van der Waals surface area (Å²) >= 11 is 4.40. The van der Waals surface area contributed by atoms with Crippen molar-refractivity contribution in [1.82, 2.24) is 0 Å². The number of aliphatic hydroxyl groups is 2. The van der Waals surface area contributed by atoms with E-state index in [0.717, 1.165) is 27.4 Å². The summed E-state index contributed by atoms with van der Waals surface area (Å²) in [6.45, 7) is 55.8. The minimum atomic E-state index is 0. The van der Waals surface area contributed by atoms with Crippen LogP contribution in [0.1, 0.15) is 69.7 Å². The van der Waals surface area contributed by atoms with Crippen molar-refractivity contribution >= 4 is 85.3 Å². The summed E-state index contributed by atoms with van der Waals surface area (Å²) in [5.74, 6) is 0. The minimum absolute atomic E-state index is 0. The van der Waals surface area contributed by atoms with Crippen LogP contribution in [0.25, 0.3) is 0 Å². The van der Waals surface area contributed by atoms with Crippen LogP contribution in [-0.4, -0.2) is 127 Å². The number of rotatable bonds is 6. The molecule has 1 saturated heterocycles. The topological polar surface area (TPSA) is 281 Å². The van der Waals surface area contributed by atoms with Crippen LogP contribution in [0.2, 0.25) is 0 Å². The van der Waals surface area contributed by atoms with Crippen molar-refractivity contribution in [3.8, 4) is 0 Å². The summed E-state index contributed by atoms with van der Waals surface area (Å²) < 4.78 is 34.9. The number of hydrogen-bond donors (Lipinski definition) is 2. The predicted octanol–water partition coefficient (Wildman–Crippen LogP) is 1.00. The van der Waals surface area contributed by atoms with Gasteiger partial charge in [0.05, 0.1) is 0 Å². The SMILES string of the molecule is C1CCOC1.CC(C)N=CC=NC(C)C.CC(C)N=CC=NC(C)C.CO.CO.[C-]#[O+].[C-]#[O+].[C-]#[O+].[C-]#[O+].[CH-]=O.[CH-]=O.[CH-]=O.[CH-]=O.[CH-]=O.[CH-]=O.[CH3-].[CH3-].[Co+2].[Co].[H-].[Na+].[Ru+3].[Ru+3][I]. The Morgan fingerprint density at radius 3 is 0.684 bits per heavy atom. The van der Waals surface area contributed by atoms with E-state index in [-0.39, 0.29) is 98.9 Å². The molecule has 0 bridgehead atoms. The fourth-order valence-electron chi connectivity index (χ4n) is 1.35. The molecule has 57 heavy (non-hydrogen) atoms. The van der Waals surface area contributed by atoms with Crippen LogP contribution >= 0.6 is 19.8 Å². The van der Waals surface area contributed by atoms with Crippen molar-refractivity contribution in [1.29, 1.82) is 0 Å². The van der Waals surface area contributed by atoms with E-state index < -0.39 is 0 Å². The molecule has 0 amide bonds. The summed E-state index contributed by atoms with van der Waals surface area (Å²) in [5.41, 5.74) is 0. The first-order chi connectivity index (χ1) is 24.8. The molecule has 0 spiro atoms. The molecule has 337 valence electrons. The van der Waals surface area contributed by atoms with Gasteiger partial charge in [-0.25, -0.2) is 0 Å². The molecule has 1 rings (SSSR count). The number of aliphatic imine (C=N–C) groups is 4. The average molecular weight is 1200 g/mol. The summed E-state index contributed by atoms with van der Waals surface area (Å²) in [6.07, 6.45) is 9.57. The Kier molecular flexibility index (Phi) is 665. The van der Waals surface area contributed by atoms with Crippen molar-refractivity contribution in [2.45, 2.75) is 92.4 Å². The fraction of sp³-hybridized carbons (Fsp3) is 0.529. The number of aliphatic hydroxyl groups excluding tert-OH is 2. The summed E-state index contributed by atoms with van der Waals surface area (Å²) in [6, 6.07) is 1.49. The van der Waals surface area contributed by atoms with Crippen molar-refractivity contribution in [2.24, 2.45) is 20.0 Å². The maximum atomic E-state index is 7.75. The van der Waals surface area contributed by atoms with Gasteiger partial charge in [0.15, 0.2) is 0 Å². The second-order valence-electron chi connectivity index (χ2n) is 6.89. The molecule has 0 aromatic heterocycles. The third-order valence-corrected chi connectivity index (χ3v) is 2.50. The quantitative estimate of drug-likeness (QED) is 0.0957. The molecule has 0 aromatic carbocycles. The molecule has 2 N–H and O–H groups in total. The summed E-state index contributed by atoms with van der Waals surface area (Å²) in [4.78, 5) is 63.0. The Balaban J connectivity index is -0.0000000126. The van der Waals surface area contributed by atoms with Crippen molar-refractivity contribution in [2.75, 3.05) is 27.4 Å². The van der Waals surface area contributed by atoms with Gasteiger partial charge in [0.25, 0.3) is 0 Å². The molecule has 17 nitrogen and oxygen atoms in total. The number of nitrogens with zero attached hydrogens (tertiary/aromatic N) is 4. The Morgan fingerprint density at radius 2 is 0.632 bits per heavy atom. The van der Waals surface area contributed by atoms with Gasteiger partial charge in [0.1, 0.15) is 0 Å². The van der Waals surface area contributed by atoms with Crippen molar-refractivity contribution < 1.29 is 161 Å².